The molecule has 0 bridgehead atoms. The Balaban J connectivity index is 2.77. The molecule has 0 fully saturated rings. The maximum absolute atomic E-state index is 11.8. The van der Waals surface area contributed by atoms with Gasteiger partial charge in [0.05, 0.1) is 0 Å². The fourth-order valence-corrected chi connectivity index (χ4v) is 2.02. The molecule has 0 atom stereocenters. The fraction of sp³-hybridized carbons (Fsp3) is 0. The molecule has 0 spiro atoms. The summed E-state index contributed by atoms with van der Waals surface area (Å²) in [5.41, 5.74) is -0.471. The van der Waals surface area contributed by atoms with Crippen LogP contribution in [0.4, 0.5) is 0 Å². The third kappa shape index (κ3) is 1.44. The number of benzene rings is 2. The van der Waals surface area contributed by atoms with Crippen molar-refractivity contribution in [3.05, 3.63) is 58.9 Å². The van der Waals surface area contributed by atoms with Gasteiger partial charge in [-0.05, 0) is 28.1 Å². The maximum Gasteiger partial charge on any atom is 0.277 e. The van der Waals surface area contributed by atoms with E-state index in [0.29, 0.717) is 10.8 Å². The Bertz CT molecular complexity index is 781. The van der Waals surface area contributed by atoms with Gasteiger partial charge in [0, 0.05) is 5.39 Å². The zero-order valence-corrected chi connectivity index (χ0v) is 8.88. The van der Waals surface area contributed by atoms with Crippen molar-refractivity contribution in [2.24, 2.45) is 0 Å². The zero-order valence-electron chi connectivity index (χ0n) is 8.88. The number of nitrogens with zero attached hydrogens (tertiary/aromatic N) is 1. The van der Waals surface area contributed by atoms with E-state index in [0.717, 1.165) is 10.8 Å². The lowest BCUT2D eigenvalue weighted by Gasteiger charge is -2.03. The molecule has 0 aliphatic heterocycles. The largest absolute Gasteiger partial charge is 0.858 e. The first-order chi connectivity index (χ1) is 8.27. The molecule has 0 radical (unpaired) electrons. The summed E-state index contributed by atoms with van der Waals surface area (Å²) in [5, 5.41) is 14.3. The van der Waals surface area contributed by atoms with Gasteiger partial charge in [-0.1, -0.05) is 42.5 Å². The first kappa shape index (κ1) is 9.78. The van der Waals surface area contributed by atoms with Gasteiger partial charge in [0.1, 0.15) is 0 Å². The fourth-order valence-electron chi connectivity index (χ4n) is 2.02. The van der Waals surface area contributed by atoms with E-state index in [4.69, 9.17) is 0 Å². The van der Waals surface area contributed by atoms with Gasteiger partial charge < -0.3 is 5.11 Å². The third-order valence-electron chi connectivity index (χ3n) is 2.81. The number of aromatic nitrogens is 1. The van der Waals surface area contributed by atoms with Gasteiger partial charge in [-0.2, -0.15) is 0 Å². The van der Waals surface area contributed by atoms with Crippen LogP contribution < -0.4 is 10.7 Å². The second-order valence-corrected chi connectivity index (χ2v) is 3.81. The molecular formula is C14H8NO2-. The minimum Gasteiger partial charge on any atom is -0.858 e. The third-order valence-corrected chi connectivity index (χ3v) is 2.81. The number of fused-ring (bicyclic) bond motifs is 3. The van der Waals surface area contributed by atoms with Crippen molar-refractivity contribution in [2.75, 3.05) is 0 Å². The summed E-state index contributed by atoms with van der Waals surface area (Å²) in [4.78, 5) is 15.4. The van der Waals surface area contributed by atoms with E-state index >= 15 is 0 Å². The molecule has 3 nitrogen and oxygen atoms in total. The quantitative estimate of drug-likeness (QED) is 0.583. The van der Waals surface area contributed by atoms with E-state index in [1.165, 1.54) is 0 Å². The number of hydrogen-bond donors (Lipinski definition) is 0. The molecule has 0 N–H and O–H groups in total. The Morgan fingerprint density at radius 1 is 0.765 bits per heavy atom. The summed E-state index contributed by atoms with van der Waals surface area (Å²) in [5.74, 6) is -0.471. The summed E-state index contributed by atoms with van der Waals surface area (Å²) in [6.45, 7) is 0. The molecule has 2 aromatic carbocycles. The van der Waals surface area contributed by atoms with Crippen LogP contribution in [0.1, 0.15) is 0 Å². The summed E-state index contributed by atoms with van der Waals surface area (Å²) < 4.78 is 0. The van der Waals surface area contributed by atoms with Gasteiger partial charge in [0.15, 0.2) is 0 Å². The Hall–Kier alpha value is -2.42. The molecule has 1 heterocycles. The van der Waals surface area contributed by atoms with Crippen molar-refractivity contribution in [2.45, 2.75) is 0 Å². The number of rotatable bonds is 0. The highest BCUT2D eigenvalue weighted by Gasteiger charge is 2.02. The monoisotopic (exact) mass is 222 g/mol. The highest BCUT2D eigenvalue weighted by molar-refractivity contribution is 6.06. The second kappa shape index (κ2) is 3.56. The normalized spacial score (nSPS) is 10.8. The van der Waals surface area contributed by atoms with Crippen molar-refractivity contribution in [3.63, 3.8) is 0 Å². The minimum atomic E-state index is -0.471. The lowest BCUT2D eigenvalue weighted by atomic mass is 10.1. The molecule has 3 rings (SSSR count). The topological polar surface area (TPSA) is 53.0 Å². The van der Waals surface area contributed by atoms with Crippen LogP contribution in [0.5, 0.6) is 5.88 Å². The molecule has 3 aromatic rings. The molecule has 1 aromatic heterocycles. The standard InChI is InChI=1S/C14H9NO2/c16-13-11-7-3-1-5-9(11)10-6-2-4-8-12(10)14(17)15-13/h1-8H,(H,15,16,17)/p-1. The summed E-state index contributed by atoms with van der Waals surface area (Å²) in [6, 6.07) is 14.3. The highest BCUT2D eigenvalue weighted by atomic mass is 16.3. The molecule has 0 amide bonds. The van der Waals surface area contributed by atoms with Gasteiger partial charge in [-0.25, -0.2) is 4.98 Å². The van der Waals surface area contributed by atoms with Crippen molar-refractivity contribution in [1.29, 1.82) is 0 Å². The summed E-state index contributed by atoms with van der Waals surface area (Å²) in [6.07, 6.45) is 0. The van der Waals surface area contributed by atoms with Crippen molar-refractivity contribution >= 4 is 21.5 Å². The first-order valence-corrected chi connectivity index (χ1v) is 5.26. The van der Waals surface area contributed by atoms with Gasteiger partial charge >= 0.3 is 0 Å². The number of hydrogen-bond acceptors (Lipinski definition) is 3. The van der Waals surface area contributed by atoms with E-state index in [9.17, 15) is 9.90 Å². The van der Waals surface area contributed by atoms with Crippen LogP contribution in [0.25, 0.3) is 21.5 Å². The van der Waals surface area contributed by atoms with Crippen LogP contribution in [0.2, 0.25) is 0 Å². The molecule has 0 aliphatic carbocycles. The van der Waals surface area contributed by atoms with Crippen LogP contribution in [-0.4, -0.2) is 4.98 Å². The summed E-state index contributed by atoms with van der Waals surface area (Å²) in [7, 11) is 0. The van der Waals surface area contributed by atoms with E-state index < -0.39 is 11.4 Å². The van der Waals surface area contributed by atoms with Crippen LogP contribution in [0.3, 0.4) is 0 Å². The Morgan fingerprint density at radius 2 is 1.24 bits per heavy atom. The molecule has 3 heteroatoms. The van der Waals surface area contributed by atoms with Crippen LogP contribution >= 0.6 is 0 Å². The molecule has 0 aliphatic rings. The van der Waals surface area contributed by atoms with Gasteiger partial charge in [0.25, 0.3) is 5.56 Å². The van der Waals surface area contributed by atoms with Crippen molar-refractivity contribution in [3.8, 4) is 5.88 Å². The van der Waals surface area contributed by atoms with Crippen LogP contribution in [-0.2, 0) is 0 Å². The molecule has 82 valence electrons. The first-order valence-electron chi connectivity index (χ1n) is 5.26. The average Bonchev–Trinajstić information content (AvgIpc) is 2.48. The molecule has 0 saturated carbocycles. The maximum atomic E-state index is 11.8. The van der Waals surface area contributed by atoms with E-state index in [1.54, 1.807) is 24.3 Å². The average molecular weight is 222 g/mol. The Morgan fingerprint density at radius 3 is 1.88 bits per heavy atom. The van der Waals surface area contributed by atoms with Crippen molar-refractivity contribution in [1.82, 2.24) is 4.98 Å². The van der Waals surface area contributed by atoms with E-state index in [1.807, 2.05) is 24.3 Å². The molecule has 0 saturated heterocycles. The molecule has 0 unspecified atom stereocenters. The molecular weight excluding hydrogens is 214 g/mol. The van der Waals surface area contributed by atoms with Crippen LogP contribution in [0.15, 0.2) is 53.3 Å². The Kier molecular flexibility index (Phi) is 2.05. The van der Waals surface area contributed by atoms with Crippen LogP contribution in [0, 0.1) is 0 Å². The molecule has 17 heavy (non-hydrogen) atoms. The highest BCUT2D eigenvalue weighted by Crippen LogP contribution is 2.24. The lowest BCUT2D eigenvalue weighted by Crippen LogP contribution is -2.05. The van der Waals surface area contributed by atoms with E-state index in [2.05, 4.69) is 4.98 Å². The van der Waals surface area contributed by atoms with Gasteiger partial charge in [-0.3, -0.25) is 4.79 Å². The Labute approximate surface area is 97.0 Å². The van der Waals surface area contributed by atoms with Crippen molar-refractivity contribution < 1.29 is 5.11 Å². The minimum absolute atomic E-state index is 0.471. The SMILES string of the molecule is O=c1nc([O-])c2ccccc2c2ccccc12. The van der Waals surface area contributed by atoms with E-state index in [-0.39, 0.29) is 0 Å². The predicted molar refractivity (Wildman–Crippen MR) is 65.0 cm³/mol. The van der Waals surface area contributed by atoms with Gasteiger partial charge in [-0.15, -0.1) is 0 Å². The second-order valence-electron chi connectivity index (χ2n) is 3.81. The van der Waals surface area contributed by atoms with Gasteiger partial charge in [0.2, 0.25) is 0 Å². The smallest absolute Gasteiger partial charge is 0.277 e. The lowest BCUT2D eigenvalue weighted by molar-refractivity contribution is -0.272. The predicted octanol–water partition coefficient (Wildman–Crippen LogP) is 1.82. The zero-order chi connectivity index (χ0) is 11.8. The summed E-state index contributed by atoms with van der Waals surface area (Å²) >= 11 is 0.